The number of aliphatic imine (C=N–C) groups is 1. The molecule has 1 aliphatic rings. The first-order valence-electron chi connectivity index (χ1n) is 8.20. The van der Waals surface area contributed by atoms with E-state index in [-0.39, 0.29) is 11.6 Å². The number of carbonyl (C=O) groups is 1. The summed E-state index contributed by atoms with van der Waals surface area (Å²) in [5.41, 5.74) is 2.08. The highest BCUT2D eigenvalue weighted by Gasteiger charge is 2.24. The van der Waals surface area contributed by atoms with Gasteiger partial charge in [-0.25, -0.2) is 14.2 Å². The molecule has 3 rings (SSSR count). The van der Waals surface area contributed by atoms with Crippen LogP contribution in [0.4, 0.5) is 4.39 Å². The van der Waals surface area contributed by atoms with Crippen LogP contribution in [0.15, 0.2) is 65.3 Å². The molecule has 0 amide bonds. The number of rotatable bonds is 6. The smallest absolute Gasteiger partial charge is 0.363 e. The van der Waals surface area contributed by atoms with E-state index in [0.29, 0.717) is 29.2 Å². The lowest BCUT2D eigenvalue weighted by molar-refractivity contribution is -0.129. The first-order valence-corrected chi connectivity index (χ1v) is 8.20. The highest BCUT2D eigenvalue weighted by Crippen LogP contribution is 2.30. The maximum atomic E-state index is 13.4. The average Bonchev–Trinajstić information content (AvgIpc) is 3.01. The highest BCUT2D eigenvalue weighted by atomic mass is 19.1. The van der Waals surface area contributed by atoms with Crippen molar-refractivity contribution in [3.8, 4) is 11.5 Å². The van der Waals surface area contributed by atoms with Gasteiger partial charge < -0.3 is 14.2 Å². The second-order valence-corrected chi connectivity index (χ2v) is 6.00. The Labute approximate surface area is 156 Å². The fourth-order valence-electron chi connectivity index (χ4n) is 2.41. The van der Waals surface area contributed by atoms with Crippen molar-refractivity contribution < 1.29 is 23.4 Å². The van der Waals surface area contributed by atoms with Crippen molar-refractivity contribution >= 4 is 17.9 Å². The normalized spacial score (nSPS) is 14.7. The zero-order valence-corrected chi connectivity index (χ0v) is 15.0. The number of esters is 1. The zero-order chi connectivity index (χ0) is 19.4. The van der Waals surface area contributed by atoms with Crippen molar-refractivity contribution in [3.05, 3.63) is 77.3 Å². The molecule has 0 radical (unpaired) electrons. The summed E-state index contributed by atoms with van der Waals surface area (Å²) >= 11 is 0. The molecule has 0 aromatic heterocycles. The van der Waals surface area contributed by atoms with Gasteiger partial charge in [0.25, 0.3) is 0 Å². The molecule has 0 N–H and O–H groups in total. The predicted octanol–water partition coefficient (Wildman–Crippen LogP) is 4.13. The molecule has 1 heterocycles. The first-order chi connectivity index (χ1) is 13.0. The monoisotopic (exact) mass is 367 g/mol. The number of benzene rings is 2. The van der Waals surface area contributed by atoms with E-state index in [0.717, 1.165) is 5.57 Å². The fraction of sp³-hybridized carbons (Fsp3) is 0.143. The third-order valence-corrected chi connectivity index (χ3v) is 3.66. The van der Waals surface area contributed by atoms with Crippen LogP contribution in [0.25, 0.3) is 6.08 Å². The Morgan fingerprint density at radius 3 is 2.78 bits per heavy atom. The van der Waals surface area contributed by atoms with Gasteiger partial charge in [-0.1, -0.05) is 18.7 Å². The number of cyclic esters (lactones) is 1. The Kier molecular flexibility index (Phi) is 5.35. The van der Waals surface area contributed by atoms with Gasteiger partial charge in [-0.15, -0.1) is 0 Å². The molecule has 27 heavy (non-hydrogen) atoms. The van der Waals surface area contributed by atoms with E-state index < -0.39 is 11.8 Å². The van der Waals surface area contributed by atoms with Crippen molar-refractivity contribution in [1.82, 2.24) is 0 Å². The van der Waals surface area contributed by atoms with Crippen LogP contribution in [0, 0.1) is 5.82 Å². The maximum absolute atomic E-state index is 13.4. The SMILES string of the molecule is C=C(C)COc1ccc(/C=C2\N=C(c3cccc(F)c3)OC2=O)cc1OC. The van der Waals surface area contributed by atoms with Crippen LogP contribution in [0.5, 0.6) is 11.5 Å². The van der Waals surface area contributed by atoms with E-state index in [1.165, 1.54) is 25.3 Å². The van der Waals surface area contributed by atoms with Crippen LogP contribution in [0.1, 0.15) is 18.1 Å². The van der Waals surface area contributed by atoms with Gasteiger partial charge in [-0.2, -0.15) is 0 Å². The lowest BCUT2D eigenvalue weighted by Crippen LogP contribution is -2.05. The number of hydrogen-bond donors (Lipinski definition) is 0. The molecule has 6 heteroatoms. The highest BCUT2D eigenvalue weighted by molar-refractivity contribution is 6.12. The van der Waals surface area contributed by atoms with E-state index in [9.17, 15) is 9.18 Å². The summed E-state index contributed by atoms with van der Waals surface area (Å²) in [6.45, 7) is 6.04. The Hall–Kier alpha value is -3.41. The Morgan fingerprint density at radius 2 is 2.07 bits per heavy atom. The number of carbonyl (C=O) groups excluding carboxylic acids is 1. The van der Waals surface area contributed by atoms with Gasteiger partial charge in [0.2, 0.25) is 5.90 Å². The standard InChI is InChI=1S/C21H18FNO4/c1-13(2)12-26-18-8-7-14(10-19(18)25-3)9-17-21(24)27-20(23-17)15-5-4-6-16(22)11-15/h4-11H,1,12H2,2-3H3/b17-9-. The van der Waals surface area contributed by atoms with Gasteiger partial charge in [-0.05, 0) is 54.5 Å². The molecule has 0 bridgehead atoms. The van der Waals surface area contributed by atoms with E-state index >= 15 is 0 Å². The fourth-order valence-corrected chi connectivity index (χ4v) is 2.41. The van der Waals surface area contributed by atoms with Crippen LogP contribution in [-0.2, 0) is 9.53 Å². The summed E-state index contributed by atoms with van der Waals surface area (Å²) in [6, 6.07) is 10.9. The molecule has 2 aromatic carbocycles. The zero-order valence-electron chi connectivity index (χ0n) is 15.0. The Balaban J connectivity index is 1.87. The minimum absolute atomic E-state index is 0.0686. The molecule has 0 fully saturated rings. The molecule has 0 aliphatic carbocycles. The molecule has 2 aromatic rings. The van der Waals surface area contributed by atoms with Gasteiger partial charge in [0.15, 0.2) is 17.2 Å². The van der Waals surface area contributed by atoms with Crippen molar-refractivity contribution in [2.75, 3.05) is 13.7 Å². The van der Waals surface area contributed by atoms with E-state index in [1.807, 2.05) is 6.92 Å². The minimum Gasteiger partial charge on any atom is -0.493 e. The van der Waals surface area contributed by atoms with E-state index in [1.54, 1.807) is 30.3 Å². The number of methoxy groups -OCH3 is 1. The van der Waals surface area contributed by atoms with Crippen molar-refractivity contribution in [1.29, 1.82) is 0 Å². The van der Waals surface area contributed by atoms with E-state index in [4.69, 9.17) is 14.2 Å². The number of hydrogen-bond acceptors (Lipinski definition) is 5. The predicted molar refractivity (Wildman–Crippen MR) is 100 cm³/mol. The topological polar surface area (TPSA) is 57.1 Å². The maximum Gasteiger partial charge on any atom is 0.363 e. The van der Waals surface area contributed by atoms with Crippen LogP contribution in [0.2, 0.25) is 0 Å². The van der Waals surface area contributed by atoms with Crippen molar-refractivity contribution in [3.63, 3.8) is 0 Å². The summed E-state index contributed by atoms with van der Waals surface area (Å²) in [6.07, 6.45) is 1.57. The third-order valence-electron chi connectivity index (χ3n) is 3.66. The summed E-state index contributed by atoms with van der Waals surface area (Å²) in [5.74, 6) is 0.126. The molecule has 0 saturated heterocycles. The van der Waals surface area contributed by atoms with Gasteiger partial charge in [0.1, 0.15) is 12.4 Å². The van der Waals surface area contributed by atoms with Gasteiger partial charge in [0, 0.05) is 5.56 Å². The van der Waals surface area contributed by atoms with Gasteiger partial charge in [-0.3, -0.25) is 0 Å². The summed E-state index contributed by atoms with van der Waals surface area (Å²) in [4.78, 5) is 16.3. The largest absolute Gasteiger partial charge is 0.493 e. The molecular formula is C21H18FNO4. The first kappa shape index (κ1) is 18.4. The minimum atomic E-state index is -0.601. The lowest BCUT2D eigenvalue weighted by Gasteiger charge is -2.11. The lowest BCUT2D eigenvalue weighted by atomic mass is 10.1. The van der Waals surface area contributed by atoms with Gasteiger partial charge in [0.05, 0.1) is 7.11 Å². The molecule has 0 saturated carbocycles. The van der Waals surface area contributed by atoms with Crippen molar-refractivity contribution in [2.45, 2.75) is 6.92 Å². The molecular weight excluding hydrogens is 349 g/mol. The van der Waals surface area contributed by atoms with Crippen LogP contribution in [0.3, 0.4) is 0 Å². The van der Waals surface area contributed by atoms with Crippen molar-refractivity contribution in [2.24, 2.45) is 4.99 Å². The van der Waals surface area contributed by atoms with Crippen LogP contribution >= 0.6 is 0 Å². The Bertz CT molecular complexity index is 962. The molecule has 5 nitrogen and oxygen atoms in total. The quantitative estimate of drug-likeness (QED) is 0.438. The average molecular weight is 367 g/mol. The summed E-state index contributed by atoms with van der Waals surface area (Å²) in [7, 11) is 1.53. The molecule has 0 spiro atoms. The summed E-state index contributed by atoms with van der Waals surface area (Å²) < 4.78 is 29.5. The molecule has 0 unspecified atom stereocenters. The van der Waals surface area contributed by atoms with Crippen LogP contribution < -0.4 is 9.47 Å². The number of ether oxygens (including phenoxy) is 3. The number of nitrogens with zero attached hydrogens (tertiary/aromatic N) is 1. The number of halogens is 1. The molecule has 138 valence electrons. The molecule has 0 atom stereocenters. The second-order valence-electron chi connectivity index (χ2n) is 6.00. The second kappa shape index (κ2) is 7.86. The van der Waals surface area contributed by atoms with E-state index in [2.05, 4.69) is 11.6 Å². The third kappa shape index (κ3) is 4.41. The summed E-state index contributed by atoms with van der Waals surface area (Å²) in [5, 5.41) is 0. The Morgan fingerprint density at radius 1 is 1.26 bits per heavy atom. The molecule has 1 aliphatic heterocycles. The van der Waals surface area contributed by atoms with Crippen LogP contribution in [-0.4, -0.2) is 25.6 Å². The van der Waals surface area contributed by atoms with Gasteiger partial charge >= 0.3 is 5.97 Å².